The Morgan fingerprint density at radius 2 is 1.83 bits per heavy atom. The van der Waals surface area contributed by atoms with Crippen LogP contribution in [0.1, 0.15) is 5.56 Å². The smallest absolute Gasteiger partial charge is 0.273 e. The summed E-state index contributed by atoms with van der Waals surface area (Å²) in [7, 11) is -1.12. The standard InChI is InChI=1S/C15H16N2O5S/c1-16(11-12-6-4-3-5-7-12)23(20,21)15-9-8-13(17(18)19)10-14(15)22-2/h3-10H,11H2,1-2H3. The first-order chi connectivity index (χ1) is 10.9. The SMILES string of the molecule is COc1cc([N+](=O)[O-])ccc1S(=O)(=O)N(C)Cc1ccccc1. The van der Waals surface area contributed by atoms with Crippen LogP contribution >= 0.6 is 0 Å². The van der Waals surface area contributed by atoms with Crippen molar-refractivity contribution in [2.75, 3.05) is 14.2 Å². The first-order valence-electron chi connectivity index (χ1n) is 6.69. The van der Waals surface area contributed by atoms with E-state index in [1.807, 2.05) is 30.3 Å². The summed E-state index contributed by atoms with van der Waals surface area (Å²) < 4.78 is 31.5. The molecule has 122 valence electrons. The van der Waals surface area contributed by atoms with Gasteiger partial charge in [-0.3, -0.25) is 10.1 Å². The summed E-state index contributed by atoms with van der Waals surface area (Å²) in [5.74, 6) is -0.0564. The van der Waals surface area contributed by atoms with Crippen molar-refractivity contribution >= 4 is 15.7 Å². The van der Waals surface area contributed by atoms with E-state index in [4.69, 9.17) is 4.74 Å². The molecule has 0 unspecified atom stereocenters. The summed E-state index contributed by atoms with van der Waals surface area (Å²) in [6.07, 6.45) is 0. The third-order valence-electron chi connectivity index (χ3n) is 3.29. The van der Waals surface area contributed by atoms with Crippen molar-refractivity contribution in [1.82, 2.24) is 4.31 Å². The van der Waals surface area contributed by atoms with Crippen LogP contribution in [0.3, 0.4) is 0 Å². The van der Waals surface area contributed by atoms with Crippen LogP contribution in [0, 0.1) is 10.1 Å². The summed E-state index contributed by atoms with van der Waals surface area (Å²) in [5.41, 5.74) is 0.603. The molecule has 0 fully saturated rings. The lowest BCUT2D eigenvalue weighted by Gasteiger charge is -2.18. The summed E-state index contributed by atoms with van der Waals surface area (Å²) in [5, 5.41) is 10.8. The fraction of sp³-hybridized carbons (Fsp3) is 0.200. The number of nitro benzene ring substituents is 1. The molecule has 0 heterocycles. The van der Waals surface area contributed by atoms with Gasteiger partial charge in [-0.2, -0.15) is 4.31 Å². The predicted molar refractivity (Wildman–Crippen MR) is 84.7 cm³/mol. The number of rotatable bonds is 6. The fourth-order valence-corrected chi connectivity index (χ4v) is 3.37. The minimum absolute atomic E-state index is 0.0564. The van der Waals surface area contributed by atoms with Crippen LogP contribution in [-0.2, 0) is 16.6 Å². The van der Waals surface area contributed by atoms with E-state index >= 15 is 0 Å². The van der Waals surface area contributed by atoms with Crippen molar-refractivity contribution < 1.29 is 18.1 Å². The lowest BCUT2D eigenvalue weighted by Crippen LogP contribution is -2.26. The molecule has 0 aliphatic carbocycles. The van der Waals surface area contributed by atoms with Crippen LogP contribution in [0.4, 0.5) is 5.69 Å². The number of ether oxygens (including phenoxy) is 1. The van der Waals surface area contributed by atoms with Crippen LogP contribution < -0.4 is 4.74 Å². The normalized spacial score (nSPS) is 11.4. The summed E-state index contributed by atoms with van der Waals surface area (Å²) >= 11 is 0. The zero-order valence-electron chi connectivity index (χ0n) is 12.7. The Bertz CT molecular complexity index is 806. The van der Waals surface area contributed by atoms with Gasteiger partial charge in [0.2, 0.25) is 10.0 Å². The molecule has 0 atom stereocenters. The van der Waals surface area contributed by atoms with Gasteiger partial charge in [-0.05, 0) is 11.6 Å². The van der Waals surface area contributed by atoms with Crippen molar-refractivity contribution in [2.24, 2.45) is 0 Å². The van der Waals surface area contributed by atoms with Crippen LogP contribution in [0.15, 0.2) is 53.4 Å². The molecular weight excluding hydrogens is 320 g/mol. The maximum Gasteiger partial charge on any atom is 0.273 e. The van der Waals surface area contributed by atoms with E-state index < -0.39 is 14.9 Å². The molecule has 0 amide bonds. The molecule has 0 aliphatic rings. The van der Waals surface area contributed by atoms with E-state index in [0.29, 0.717) is 0 Å². The van der Waals surface area contributed by atoms with Gasteiger partial charge < -0.3 is 4.74 Å². The first-order valence-corrected chi connectivity index (χ1v) is 8.13. The van der Waals surface area contributed by atoms with E-state index in [1.165, 1.54) is 24.5 Å². The van der Waals surface area contributed by atoms with Gasteiger partial charge in [0.1, 0.15) is 10.6 Å². The molecule has 23 heavy (non-hydrogen) atoms. The molecule has 0 aliphatic heterocycles. The average Bonchev–Trinajstić information content (AvgIpc) is 2.54. The van der Waals surface area contributed by atoms with Gasteiger partial charge in [-0.1, -0.05) is 30.3 Å². The van der Waals surface area contributed by atoms with Crippen LogP contribution in [-0.4, -0.2) is 31.8 Å². The monoisotopic (exact) mass is 336 g/mol. The second-order valence-corrected chi connectivity index (χ2v) is 6.85. The molecule has 2 aromatic carbocycles. The van der Waals surface area contributed by atoms with Crippen LogP contribution in [0.25, 0.3) is 0 Å². The van der Waals surface area contributed by atoms with Crippen molar-refractivity contribution in [2.45, 2.75) is 11.4 Å². The highest BCUT2D eigenvalue weighted by molar-refractivity contribution is 7.89. The molecule has 2 rings (SSSR count). The second-order valence-electron chi connectivity index (χ2n) is 4.84. The minimum atomic E-state index is -3.84. The lowest BCUT2D eigenvalue weighted by molar-refractivity contribution is -0.385. The highest BCUT2D eigenvalue weighted by atomic mass is 32.2. The Balaban J connectivity index is 2.37. The van der Waals surface area contributed by atoms with Crippen molar-refractivity contribution in [1.29, 1.82) is 0 Å². The van der Waals surface area contributed by atoms with E-state index in [-0.39, 0.29) is 22.9 Å². The quantitative estimate of drug-likeness (QED) is 0.597. The largest absolute Gasteiger partial charge is 0.495 e. The summed E-state index contributed by atoms with van der Waals surface area (Å²) in [6, 6.07) is 12.6. The number of benzene rings is 2. The van der Waals surface area contributed by atoms with Gasteiger partial charge in [0.25, 0.3) is 5.69 Å². The van der Waals surface area contributed by atoms with Crippen LogP contribution in [0.2, 0.25) is 0 Å². The maximum absolute atomic E-state index is 12.7. The number of nitro groups is 1. The molecule has 0 bridgehead atoms. The molecule has 0 saturated heterocycles. The molecule has 0 aromatic heterocycles. The number of nitrogens with zero attached hydrogens (tertiary/aromatic N) is 2. The molecule has 0 radical (unpaired) electrons. The predicted octanol–water partition coefficient (Wildman–Crippen LogP) is 2.42. The molecular formula is C15H16N2O5S. The van der Waals surface area contributed by atoms with Gasteiger partial charge in [-0.15, -0.1) is 0 Å². The topological polar surface area (TPSA) is 89.7 Å². The highest BCUT2D eigenvalue weighted by Gasteiger charge is 2.26. The average molecular weight is 336 g/mol. The highest BCUT2D eigenvalue weighted by Crippen LogP contribution is 2.30. The fourth-order valence-electron chi connectivity index (χ4n) is 2.08. The molecule has 0 saturated carbocycles. The zero-order chi connectivity index (χ0) is 17.0. The van der Waals surface area contributed by atoms with Gasteiger partial charge in [0.15, 0.2) is 0 Å². The maximum atomic E-state index is 12.7. The Kier molecular flexibility index (Phi) is 4.97. The second kappa shape index (κ2) is 6.76. The van der Waals surface area contributed by atoms with Crippen molar-refractivity contribution in [3.63, 3.8) is 0 Å². The molecule has 0 N–H and O–H groups in total. The van der Waals surface area contributed by atoms with Crippen molar-refractivity contribution in [3.05, 3.63) is 64.2 Å². The first kappa shape index (κ1) is 16.9. The number of non-ortho nitro benzene ring substituents is 1. The number of sulfonamides is 1. The molecule has 2 aromatic rings. The van der Waals surface area contributed by atoms with Crippen molar-refractivity contribution in [3.8, 4) is 5.75 Å². The van der Waals surface area contributed by atoms with Gasteiger partial charge in [-0.25, -0.2) is 8.42 Å². The third kappa shape index (κ3) is 3.66. The molecule has 8 heteroatoms. The number of hydrogen-bond acceptors (Lipinski definition) is 5. The minimum Gasteiger partial charge on any atom is -0.495 e. The van der Waals surface area contributed by atoms with E-state index in [0.717, 1.165) is 17.7 Å². The third-order valence-corrected chi connectivity index (χ3v) is 5.14. The lowest BCUT2D eigenvalue weighted by atomic mass is 10.2. The Hall–Kier alpha value is -2.45. The zero-order valence-corrected chi connectivity index (χ0v) is 13.5. The van der Waals surface area contributed by atoms with Gasteiger partial charge in [0.05, 0.1) is 18.1 Å². The van der Waals surface area contributed by atoms with Crippen LogP contribution in [0.5, 0.6) is 5.75 Å². The van der Waals surface area contributed by atoms with Gasteiger partial charge >= 0.3 is 0 Å². The van der Waals surface area contributed by atoms with Gasteiger partial charge in [0, 0.05) is 19.7 Å². The Labute approximate surface area is 134 Å². The Morgan fingerprint density at radius 1 is 1.17 bits per heavy atom. The number of methoxy groups -OCH3 is 1. The van der Waals surface area contributed by atoms with E-state index in [1.54, 1.807) is 0 Å². The molecule has 0 spiro atoms. The van der Waals surface area contributed by atoms with E-state index in [9.17, 15) is 18.5 Å². The Morgan fingerprint density at radius 3 is 2.39 bits per heavy atom. The molecule has 7 nitrogen and oxygen atoms in total. The number of hydrogen-bond donors (Lipinski definition) is 0. The summed E-state index contributed by atoms with van der Waals surface area (Å²) in [4.78, 5) is 10.1. The summed E-state index contributed by atoms with van der Waals surface area (Å²) in [6.45, 7) is 0.184. The van der Waals surface area contributed by atoms with E-state index in [2.05, 4.69) is 0 Å².